The number of benzene rings is 2. The minimum Gasteiger partial charge on any atom is -0.480 e. The zero-order valence-electron chi connectivity index (χ0n) is 15.1. The highest BCUT2D eigenvalue weighted by atomic mass is 35.5. The summed E-state index contributed by atoms with van der Waals surface area (Å²) in [4.78, 5) is 0. The van der Waals surface area contributed by atoms with Gasteiger partial charge in [0.05, 0.1) is 16.3 Å². The second-order valence-electron chi connectivity index (χ2n) is 7.16. The zero-order chi connectivity index (χ0) is 21.0. The van der Waals surface area contributed by atoms with Gasteiger partial charge in [-0.1, -0.05) is 47.5 Å². The van der Waals surface area contributed by atoms with Gasteiger partial charge in [0.25, 0.3) is 0 Å². The maximum atomic E-state index is 14.5. The lowest BCUT2D eigenvalue weighted by atomic mass is 9.85. The van der Waals surface area contributed by atoms with E-state index in [1.807, 2.05) is 0 Å². The molecule has 2 aromatic rings. The molecule has 2 aliphatic heterocycles. The molecule has 162 valence electrons. The average Bonchev–Trinajstić information content (AvgIpc) is 3.11. The second kappa shape index (κ2) is 7.86. The molecule has 1 atom stereocenters. The highest BCUT2D eigenvalue weighted by Gasteiger charge is 2.60. The monoisotopic (exact) mass is 485 g/mol. The molecule has 10 heteroatoms. The van der Waals surface area contributed by atoms with Crippen molar-refractivity contribution in [3.05, 3.63) is 75.2 Å². The van der Waals surface area contributed by atoms with Crippen molar-refractivity contribution >= 4 is 41.2 Å². The SMILES string of the molecule is Cl.Fc1c(Cl)cc(C2(C(F)(F)F)CC(c3ccc(C4(F)CNC4)cc3)=CO2)cc1Cl. The summed E-state index contributed by atoms with van der Waals surface area (Å²) in [7, 11) is 0. The number of nitrogens with one attached hydrogen (secondary N) is 1. The smallest absolute Gasteiger partial charge is 0.432 e. The summed E-state index contributed by atoms with van der Waals surface area (Å²) in [6.07, 6.45) is -4.36. The van der Waals surface area contributed by atoms with E-state index in [-0.39, 0.29) is 31.1 Å². The molecule has 30 heavy (non-hydrogen) atoms. The zero-order valence-corrected chi connectivity index (χ0v) is 17.5. The molecule has 0 aliphatic carbocycles. The molecule has 0 saturated carbocycles. The number of alkyl halides is 4. The Morgan fingerprint density at radius 2 is 1.53 bits per heavy atom. The maximum absolute atomic E-state index is 14.5. The molecule has 0 spiro atoms. The van der Waals surface area contributed by atoms with Gasteiger partial charge < -0.3 is 10.1 Å². The van der Waals surface area contributed by atoms with E-state index in [4.69, 9.17) is 27.9 Å². The lowest BCUT2D eigenvalue weighted by Gasteiger charge is -2.35. The van der Waals surface area contributed by atoms with Crippen molar-refractivity contribution in [3.63, 3.8) is 0 Å². The van der Waals surface area contributed by atoms with E-state index >= 15 is 0 Å². The van der Waals surface area contributed by atoms with Crippen molar-refractivity contribution in [1.29, 1.82) is 0 Å². The molecule has 0 aromatic heterocycles. The van der Waals surface area contributed by atoms with Crippen molar-refractivity contribution in [2.45, 2.75) is 23.9 Å². The van der Waals surface area contributed by atoms with Gasteiger partial charge in [0.1, 0.15) is 0 Å². The van der Waals surface area contributed by atoms with E-state index in [9.17, 15) is 22.0 Å². The lowest BCUT2D eigenvalue weighted by molar-refractivity contribution is -0.260. The fraction of sp³-hybridized carbons (Fsp3) is 0.300. The maximum Gasteiger partial charge on any atom is 0.432 e. The first kappa shape index (κ1) is 23.1. The molecule has 4 rings (SSSR count). The molecule has 1 saturated heterocycles. The minimum atomic E-state index is -4.82. The topological polar surface area (TPSA) is 21.3 Å². The van der Waals surface area contributed by atoms with E-state index in [1.54, 1.807) is 24.3 Å². The van der Waals surface area contributed by atoms with Crippen LogP contribution in [0.2, 0.25) is 10.0 Å². The molecule has 2 aromatic carbocycles. The second-order valence-corrected chi connectivity index (χ2v) is 7.98. The summed E-state index contributed by atoms with van der Waals surface area (Å²) >= 11 is 11.4. The van der Waals surface area contributed by atoms with Gasteiger partial charge in [0.2, 0.25) is 5.60 Å². The van der Waals surface area contributed by atoms with Gasteiger partial charge in [-0.2, -0.15) is 13.2 Å². The van der Waals surface area contributed by atoms with Crippen molar-refractivity contribution < 1.29 is 26.7 Å². The van der Waals surface area contributed by atoms with E-state index in [0.717, 1.165) is 18.4 Å². The minimum absolute atomic E-state index is 0. The van der Waals surface area contributed by atoms with E-state index in [1.165, 1.54) is 0 Å². The van der Waals surface area contributed by atoms with Crippen molar-refractivity contribution in [3.8, 4) is 0 Å². The Kier molecular flexibility index (Phi) is 6.06. The van der Waals surface area contributed by atoms with Crippen LogP contribution in [0, 0.1) is 5.82 Å². The quantitative estimate of drug-likeness (QED) is 0.393. The fourth-order valence-corrected chi connectivity index (χ4v) is 4.00. The number of hydrogen-bond donors (Lipinski definition) is 1. The average molecular weight is 487 g/mol. The van der Waals surface area contributed by atoms with Crippen LogP contribution in [0.1, 0.15) is 23.1 Å². The van der Waals surface area contributed by atoms with E-state index in [0.29, 0.717) is 11.1 Å². The molecular formula is C20H15Cl3F5NO. The summed E-state index contributed by atoms with van der Waals surface area (Å²) in [5.74, 6) is -0.998. The Balaban J connectivity index is 0.00000256. The number of rotatable bonds is 3. The van der Waals surface area contributed by atoms with Crippen molar-refractivity contribution in [1.82, 2.24) is 5.32 Å². The largest absolute Gasteiger partial charge is 0.480 e. The summed E-state index contributed by atoms with van der Waals surface area (Å²) in [5.41, 5.74) is -3.41. The molecule has 2 heterocycles. The third kappa shape index (κ3) is 3.66. The Hall–Kier alpha value is -1.54. The normalized spacial score (nSPS) is 22.6. The van der Waals surface area contributed by atoms with Crippen LogP contribution in [0.4, 0.5) is 22.0 Å². The van der Waals surface area contributed by atoms with Crippen LogP contribution >= 0.6 is 35.6 Å². The Bertz CT molecular complexity index is 966. The van der Waals surface area contributed by atoms with Crippen LogP contribution in [-0.4, -0.2) is 19.3 Å². The third-order valence-corrected chi connectivity index (χ3v) is 5.88. The van der Waals surface area contributed by atoms with E-state index < -0.39 is 45.3 Å². The summed E-state index contributed by atoms with van der Waals surface area (Å²) in [6.45, 7) is 0.392. The third-order valence-electron chi connectivity index (χ3n) is 5.33. The van der Waals surface area contributed by atoms with Crippen LogP contribution in [0.5, 0.6) is 0 Å². The van der Waals surface area contributed by atoms with Gasteiger partial charge in [-0.25, -0.2) is 8.78 Å². The van der Waals surface area contributed by atoms with Gasteiger partial charge in [0.15, 0.2) is 11.5 Å². The van der Waals surface area contributed by atoms with Gasteiger partial charge in [-0.15, -0.1) is 12.4 Å². The summed E-state index contributed by atoms with van der Waals surface area (Å²) in [6, 6.07) is 7.95. The Labute approximate surface area is 185 Å². The molecule has 0 bridgehead atoms. The first-order valence-corrected chi connectivity index (χ1v) is 9.40. The molecular weight excluding hydrogens is 472 g/mol. The predicted octanol–water partition coefficient (Wildman–Crippen LogP) is 6.54. The molecule has 1 unspecified atom stereocenters. The number of halogens is 8. The standard InChI is InChI=1S/C20H14Cl2F5NO.ClH/c21-15-5-14(6-16(22)17(15)23)19(20(25,26)27)7-12(8-29-19)11-1-3-13(4-2-11)18(24)9-28-10-18;/h1-6,8,28H,7,9-10H2;1H. The van der Waals surface area contributed by atoms with Crippen LogP contribution < -0.4 is 5.32 Å². The predicted molar refractivity (Wildman–Crippen MR) is 107 cm³/mol. The Morgan fingerprint density at radius 3 is 2.00 bits per heavy atom. The first-order valence-electron chi connectivity index (χ1n) is 8.65. The van der Waals surface area contributed by atoms with E-state index in [2.05, 4.69) is 5.32 Å². The van der Waals surface area contributed by atoms with Crippen LogP contribution in [0.25, 0.3) is 5.57 Å². The van der Waals surface area contributed by atoms with Gasteiger partial charge in [0, 0.05) is 25.1 Å². The van der Waals surface area contributed by atoms with Crippen LogP contribution in [0.15, 0.2) is 42.7 Å². The summed E-state index contributed by atoms with van der Waals surface area (Å²) in [5, 5.41) is 1.79. The molecule has 1 N–H and O–H groups in total. The summed E-state index contributed by atoms with van der Waals surface area (Å²) < 4.78 is 75.4. The van der Waals surface area contributed by atoms with Crippen molar-refractivity contribution in [2.75, 3.05) is 13.1 Å². The lowest BCUT2D eigenvalue weighted by Crippen LogP contribution is -2.53. The van der Waals surface area contributed by atoms with Gasteiger partial charge >= 0.3 is 6.18 Å². The van der Waals surface area contributed by atoms with Crippen LogP contribution in [0.3, 0.4) is 0 Å². The van der Waals surface area contributed by atoms with Crippen molar-refractivity contribution in [2.24, 2.45) is 0 Å². The molecule has 1 fully saturated rings. The highest BCUT2D eigenvalue weighted by molar-refractivity contribution is 6.35. The number of hydrogen-bond acceptors (Lipinski definition) is 2. The fourth-order valence-electron chi connectivity index (χ4n) is 3.51. The molecule has 2 nitrogen and oxygen atoms in total. The molecule has 2 aliphatic rings. The molecule has 0 radical (unpaired) electrons. The Morgan fingerprint density at radius 1 is 0.967 bits per heavy atom. The molecule has 0 amide bonds. The van der Waals surface area contributed by atoms with Crippen LogP contribution in [-0.2, 0) is 16.0 Å². The van der Waals surface area contributed by atoms with Gasteiger partial charge in [-0.3, -0.25) is 0 Å². The van der Waals surface area contributed by atoms with Gasteiger partial charge in [-0.05, 0) is 28.8 Å². The highest BCUT2D eigenvalue weighted by Crippen LogP contribution is 2.53. The first-order chi connectivity index (χ1) is 13.6. The number of ether oxygens (including phenoxy) is 1.